The van der Waals surface area contributed by atoms with Gasteiger partial charge in [0.25, 0.3) is 0 Å². The fourth-order valence-electron chi connectivity index (χ4n) is 1.36. The van der Waals surface area contributed by atoms with Crippen LogP contribution in [0.1, 0.15) is 38.4 Å². The zero-order valence-electron chi connectivity index (χ0n) is 9.36. The Bertz CT molecular complexity index is 328. The molecular formula is C12H18N2O. The van der Waals surface area contributed by atoms with Gasteiger partial charge in [0.2, 0.25) is 0 Å². The number of aromatic nitrogens is 1. The molecule has 0 aromatic carbocycles. The van der Waals surface area contributed by atoms with Crippen molar-refractivity contribution in [3.05, 3.63) is 24.0 Å². The van der Waals surface area contributed by atoms with Crippen LogP contribution in [0, 0.1) is 5.41 Å². The summed E-state index contributed by atoms with van der Waals surface area (Å²) in [7, 11) is 0. The highest BCUT2D eigenvalue weighted by atomic mass is 16.5. The second-order valence-corrected chi connectivity index (χ2v) is 4.81. The van der Waals surface area contributed by atoms with Gasteiger partial charge in [-0.05, 0) is 31.9 Å². The molecule has 0 saturated heterocycles. The fraction of sp³-hybridized carbons (Fsp3) is 0.583. The monoisotopic (exact) mass is 206 g/mol. The molecule has 0 spiro atoms. The summed E-state index contributed by atoms with van der Waals surface area (Å²) in [6.07, 6.45) is 4.31. The van der Waals surface area contributed by atoms with Crippen molar-refractivity contribution in [2.24, 2.45) is 11.1 Å². The minimum absolute atomic E-state index is 0.0139. The molecule has 0 bridgehead atoms. The molecule has 1 atom stereocenters. The Morgan fingerprint density at radius 1 is 1.53 bits per heavy atom. The lowest BCUT2D eigenvalue weighted by Crippen LogP contribution is -2.10. The Balaban J connectivity index is 1.92. The molecule has 1 aliphatic rings. The molecule has 1 aromatic rings. The Labute approximate surface area is 90.7 Å². The van der Waals surface area contributed by atoms with Gasteiger partial charge in [0.15, 0.2) is 0 Å². The van der Waals surface area contributed by atoms with E-state index in [2.05, 4.69) is 11.9 Å². The molecule has 1 saturated carbocycles. The minimum atomic E-state index is -0.0139. The summed E-state index contributed by atoms with van der Waals surface area (Å²) in [6, 6.07) is 3.85. The van der Waals surface area contributed by atoms with Gasteiger partial charge in [-0.15, -0.1) is 0 Å². The van der Waals surface area contributed by atoms with Crippen LogP contribution in [-0.2, 0) is 0 Å². The molecule has 82 valence electrons. The van der Waals surface area contributed by atoms with E-state index in [1.165, 1.54) is 12.8 Å². The molecule has 1 fully saturated rings. The van der Waals surface area contributed by atoms with Crippen molar-refractivity contribution < 1.29 is 4.74 Å². The first-order valence-electron chi connectivity index (χ1n) is 5.43. The molecule has 0 radical (unpaired) electrons. The average molecular weight is 206 g/mol. The van der Waals surface area contributed by atoms with Crippen molar-refractivity contribution in [3.63, 3.8) is 0 Å². The second kappa shape index (κ2) is 3.81. The molecule has 2 N–H and O–H groups in total. The van der Waals surface area contributed by atoms with E-state index in [0.717, 1.165) is 18.1 Å². The molecule has 1 heterocycles. The predicted octanol–water partition coefficient (Wildman–Crippen LogP) is 2.28. The maximum Gasteiger partial charge on any atom is 0.137 e. The lowest BCUT2D eigenvalue weighted by atomic mass is 10.2. The SMILES string of the molecule is CC(N)c1ccc(OCC2(C)CC2)cn1. The highest BCUT2D eigenvalue weighted by molar-refractivity contribution is 5.21. The molecule has 2 rings (SSSR count). The van der Waals surface area contributed by atoms with E-state index in [1.54, 1.807) is 6.20 Å². The highest BCUT2D eigenvalue weighted by Gasteiger charge is 2.38. The molecular weight excluding hydrogens is 188 g/mol. The van der Waals surface area contributed by atoms with E-state index in [-0.39, 0.29) is 6.04 Å². The summed E-state index contributed by atoms with van der Waals surface area (Å²) >= 11 is 0. The van der Waals surface area contributed by atoms with Gasteiger partial charge in [-0.2, -0.15) is 0 Å². The molecule has 1 unspecified atom stereocenters. The number of nitrogens with two attached hydrogens (primary N) is 1. The van der Waals surface area contributed by atoms with E-state index in [0.29, 0.717) is 5.41 Å². The maximum absolute atomic E-state index is 5.71. The smallest absolute Gasteiger partial charge is 0.137 e. The summed E-state index contributed by atoms with van der Waals surface area (Å²) in [5.41, 5.74) is 7.03. The first kappa shape index (κ1) is 10.4. The van der Waals surface area contributed by atoms with E-state index < -0.39 is 0 Å². The Hall–Kier alpha value is -1.09. The number of hydrogen-bond donors (Lipinski definition) is 1. The van der Waals surface area contributed by atoms with Crippen molar-refractivity contribution in [1.29, 1.82) is 0 Å². The standard InChI is InChI=1S/C12H18N2O/c1-9(13)11-4-3-10(7-14-11)15-8-12(2)5-6-12/h3-4,7,9H,5-6,8,13H2,1-2H3. The lowest BCUT2D eigenvalue weighted by Gasteiger charge is -2.11. The molecule has 15 heavy (non-hydrogen) atoms. The Morgan fingerprint density at radius 2 is 2.27 bits per heavy atom. The van der Waals surface area contributed by atoms with Gasteiger partial charge in [-0.3, -0.25) is 4.98 Å². The zero-order valence-corrected chi connectivity index (χ0v) is 9.36. The predicted molar refractivity (Wildman–Crippen MR) is 59.7 cm³/mol. The molecule has 1 aliphatic carbocycles. The van der Waals surface area contributed by atoms with Gasteiger partial charge in [0.1, 0.15) is 5.75 Å². The molecule has 1 aromatic heterocycles. The number of ether oxygens (including phenoxy) is 1. The largest absolute Gasteiger partial charge is 0.491 e. The zero-order chi connectivity index (χ0) is 10.9. The average Bonchev–Trinajstić information content (AvgIpc) is 2.95. The van der Waals surface area contributed by atoms with Crippen molar-refractivity contribution in [2.75, 3.05) is 6.61 Å². The van der Waals surface area contributed by atoms with Crippen molar-refractivity contribution >= 4 is 0 Å². The highest BCUT2D eigenvalue weighted by Crippen LogP contribution is 2.44. The van der Waals surface area contributed by atoms with Crippen LogP contribution >= 0.6 is 0 Å². The van der Waals surface area contributed by atoms with Crippen LogP contribution in [-0.4, -0.2) is 11.6 Å². The van der Waals surface area contributed by atoms with Crippen LogP contribution < -0.4 is 10.5 Å². The quantitative estimate of drug-likeness (QED) is 0.822. The van der Waals surface area contributed by atoms with Crippen LogP contribution in [0.4, 0.5) is 0 Å². The maximum atomic E-state index is 5.71. The van der Waals surface area contributed by atoms with E-state index >= 15 is 0 Å². The van der Waals surface area contributed by atoms with Crippen LogP contribution in [0.5, 0.6) is 5.75 Å². The van der Waals surface area contributed by atoms with Crippen molar-refractivity contribution in [3.8, 4) is 5.75 Å². The van der Waals surface area contributed by atoms with Crippen molar-refractivity contribution in [1.82, 2.24) is 4.98 Å². The summed E-state index contributed by atoms with van der Waals surface area (Å²) in [4.78, 5) is 4.25. The van der Waals surface area contributed by atoms with Gasteiger partial charge in [0, 0.05) is 11.5 Å². The van der Waals surface area contributed by atoms with Gasteiger partial charge >= 0.3 is 0 Å². The summed E-state index contributed by atoms with van der Waals surface area (Å²) in [5, 5.41) is 0. The van der Waals surface area contributed by atoms with Crippen LogP contribution in [0.15, 0.2) is 18.3 Å². The topological polar surface area (TPSA) is 48.1 Å². The molecule has 0 amide bonds. The minimum Gasteiger partial charge on any atom is -0.491 e. The molecule has 3 nitrogen and oxygen atoms in total. The Kier molecular flexibility index (Phi) is 2.65. The van der Waals surface area contributed by atoms with E-state index in [1.807, 2.05) is 19.1 Å². The summed E-state index contributed by atoms with van der Waals surface area (Å²) in [5.74, 6) is 0.840. The van der Waals surface area contributed by atoms with E-state index in [9.17, 15) is 0 Å². The first-order chi connectivity index (χ1) is 7.09. The Morgan fingerprint density at radius 3 is 2.73 bits per heavy atom. The van der Waals surface area contributed by atoms with Gasteiger partial charge < -0.3 is 10.5 Å². The van der Waals surface area contributed by atoms with Gasteiger partial charge in [-0.25, -0.2) is 0 Å². The number of rotatable bonds is 4. The van der Waals surface area contributed by atoms with Crippen LogP contribution in [0.25, 0.3) is 0 Å². The van der Waals surface area contributed by atoms with Crippen LogP contribution in [0.3, 0.4) is 0 Å². The third-order valence-electron chi connectivity index (χ3n) is 2.92. The van der Waals surface area contributed by atoms with E-state index in [4.69, 9.17) is 10.5 Å². The van der Waals surface area contributed by atoms with Gasteiger partial charge in [0.05, 0.1) is 18.5 Å². The normalized spacial score (nSPS) is 19.7. The second-order valence-electron chi connectivity index (χ2n) is 4.81. The molecule has 0 aliphatic heterocycles. The lowest BCUT2D eigenvalue weighted by molar-refractivity contribution is 0.246. The number of nitrogens with zero attached hydrogens (tertiary/aromatic N) is 1. The summed E-state index contributed by atoms with van der Waals surface area (Å²) < 4.78 is 5.66. The number of pyridine rings is 1. The summed E-state index contributed by atoms with van der Waals surface area (Å²) in [6.45, 7) is 4.97. The molecule has 3 heteroatoms. The third-order valence-corrected chi connectivity index (χ3v) is 2.92. The van der Waals surface area contributed by atoms with Crippen molar-refractivity contribution in [2.45, 2.75) is 32.7 Å². The first-order valence-corrected chi connectivity index (χ1v) is 5.43. The fourth-order valence-corrected chi connectivity index (χ4v) is 1.36. The number of hydrogen-bond acceptors (Lipinski definition) is 3. The third kappa shape index (κ3) is 2.69. The van der Waals surface area contributed by atoms with Crippen LogP contribution in [0.2, 0.25) is 0 Å². The van der Waals surface area contributed by atoms with Gasteiger partial charge in [-0.1, -0.05) is 6.92 Å².